The SMILES string of the molecule is O=S(=O)(c1cccc2nsnc12)N1CCCCCC1. The third kappa shape index (κ3) is 2.37. The number of benzene rings is 1. The lowest BCUT2D eigenvalue weighted by atomic mass is 10.2. The van der Waals surface area contributed by atoms with Crippen LogP contribution < -0.4 is 0 Å². The summed E-state index contributed by atoms with van der Waals surface area (Å²) in [6, 6.07) is 5.15. The molecule has 1 aliphatic heterocycles. The fourth-order valence-corrected chi connectivity index (χ4v) is 4.68. The van der Waals surface area contributed by atoms with Gasteiger partial charge in [-0.05, 0) is 25.0 Å². The first-order valence-electron chi connectivity index (χ1n) is 6.41. The molecule has 7 heteroatoms. The number of hydrogen-bond acceptors (Lipinski definition) is 5. The van der Waals surface area contributed by atoms with Gasteiger partial charge in [0.05, 0.1) is 11.7 Å². The van der Waals surface area contributed by atoms with Crippen LogP contribution in [0.2, 0.25) is 0 Å². The van der Waals surface area contributed by atoms with Crippen molar-refractivity contribution in [3.63, 3.8) is 0 Å². The van der Waals surface area contributed by atoms with Crippen LogP contribution in [0.15, 0.2) is 23.1 Å². The molecule has 2 aromatic rings. The second kappa shape index (κ2) is 5.15. The van der Waals surface area contributed by atoms with Crippen LogP contribution in [0.1, 0.15) is 25.7 Å². The molecule has 1 aliphatic rings. The molecule has 5 nitrogen and oxygen atoms in total. The van der Waals surface area contributed by atoms with E-state index in [1.165, 1.54) is 0 Å². The average Bonchev–Trinajstić information content (AvgIpc) is 2.70. The van der Waals surface area contributed by atoms with E-state index < -0.39 is 10.0 Å². The highest BCUT2D eigenvalue weighted by Gasteiger charge is 2.27. The van der Waals surface area contributed by atoms with E-state index in [1.807, 2.05) is 0 Å². The Bertz CT molecular complexity index is 673. The zero-order valence-electron chi connectivity index (χ0n) is 10.4. The fourth-order valence-electron chi connectivity index (χ4n) is 2.41. The van der Waals surface area contributed by atoms with Crippen LogP contribution >= 0.6 is 11.7 Å². The number of fused-ring (bicyclic) bond motifs is 1. The largest absolute Gasteiger partial charge is 0.245 e. The molecule has 0 spiro atoms. The summed E-state index contributed by atoms with van der Waals surface area (Å²) in [5.41, 5.74) is 1.15. The molecule has 0 saturated carbocycles. The molecular weight excluding hydrogens is 282 g/mol. The van der Waals surface area contributed by atoms with E-state index in [4.69, 9.17) is 0 Å². The van der Waals surface area contributed by atoms with Crippen molar-refractivity contribution in [1.82, 2.24) is 13.1 Å². The van der Waals surface area contributed by atoms with Crippen LogP contribution in [0.25, 0.3) is 11.0 Å². The number of sulfonamides is 1. The molecule has 0 N–H and O–H groups in total. The van der Waals surface area contributed by atoms with Crippen molar-refractivity contribution < 1.29 is 8.42 Å². The van der Waals surface area contributed by atoms with Crippen molar-refractivity contribution in [2.45, 2.75) is 30.6 Å². The second-order valence-electron chi connectivity index (χ2n) is 4.71. The van der Waals surface area contributed by atoms with E-state index in [1.54, 1.807) is 22.5 Å². The second-order valence-corrected chi connectivity index (χ2v) is 7.14. The van der Waals surface area contributed by atoms with Crippen molar-refractivity contribution in [2.24, 2.45) is 0 Å². The van der Waals surface area contributed by atoms with E-state index in [0.29, 0.717) is 29.0 Å². The third-order valence-corrected chi connectivity index (χ3v) is 5.90. The molecule has 1 aromatic carbocycles. The topological polar surface area (TPSA) is 63.2 Å². The van der Waals surface area contributed by atoms with Gasteiger partial charge in [-0.15, -0.1) is 0 Å². The Morgan fingerprint density at radius 2 is 1.79 bits per heavy atom. The Kier molecular flexibility index (Phi) is 3.51. The summed E-state index contributed by atoms with van der Waals surface area (Å²) in [5.74, 6) is 0. The van der Waals surface area contributed by atoms with Crippen LogP contribution in [-0.4, -0.2) is 34.6 Å². The summed E-state index contributed by atoms with van der Waals surface area (Å²) in [6.07, 6.45) is 4.08. The molecule has 1 saturated heterocycles. The fraction of sp³-hybridized carbons (Fsp3) is 0.500. The van der Waals surface area contributed by atoms with E-state index >= 15 is 0 Å². The normalized spacial score (nSPS) is 18.5. The van der Waals surface area contributed by atoms with Gasteiger partial charge in [-0.1, -0.05) is 18.9 Å². The highest BCUT2D eigenvalue weighted by atomic mass is 32.2. The maximum Gasteiger partial charge on any atom is 0.245 e. The zero-order valence-corrected chi connectivity index (χ0v) is 12.1. The van der Waals surface area contributed by atoms with Gasteiger partial charge in [0.1, 0.15) is 15.9 Å². The summed E-state index contributed by atoms with van der Waals surface area (Å²) >= 11 is 1.05. The number of nitrogens with zero attached hydrogens (tertiary/aromatic N) is 3. The lowest BCUT2D eigenvalue weighted by Gasteiger charge is -2.19. The molecule has 1 aromatic heterocycles. The maximum absolute atomic E-state index is 12.7. The highest BCUT2D eigenvalue weighted by Crippen LogP contribution is 2.26. The summed E-state index contributed by atoms with van der Waals surface area (Å²) in [5, 5.41) is 0. The van der Waals surface area contributed by atoms with Gasteiger partial charge in [-0.2, -0.15) is 13.1 Å². The Labute approximate surface area is 116 Å². The number of rotatable bonds is 2. The lowest BCUT2D eigenvalue weighted by molar-refractivity contribution is 0.424. The van der Waals surface area contributed by atoms with Crippen molar-refractivity contribution in [3.8, 4) is 0 Å². The molecule has 0 radical (unpaired) electrons. The molecule has 2 heterocycles. The number of hydrogen-bond donors (Lipinski definition) is 0. The summed E-state index contributed by atoms with van der Waals surface area (Å²) in [6.45, 7) is 1.21. The average molecular weight is 297 g/mol. The Morgan fingerprint density at radius 1 is 1.05 bits per heavy atom. The van der Waals surface area contributed by atoms with Crippen LogP contribution in [0.5, 0.6) is 0 Å². The van der Waals surface area contributed by atoms with E-state index in [2.05, 4.69) is 8.75 Å². The van der Waals surface area contributed by atoms with Gasteiger partial charge < -0.3 is 0 Å². The van der Waals surface area contributed by atoms with Gasteiger partial charge in [-0.3, -0.25) is 0 Å². The van der Waals surface area contributed by atoms with Crippen molar-refractivity contribution >= 4 is 32.8 Å². The molecule has 0 atom stereocenters. The molecule has 19 heavy (non-hydrogen) atoms. The Hall–Kier alpha value is -1.05. The van der Waals surface area contributed by atoms with Gasteiger partial charge in [0.2, 0.25) is 10.0 Å². The summed E-state index contributed by atoms with van der Waals surface area (Å²) in [7, 11) is -3.44. The minimum Gasteiger partial charge on any atom is -0.207 e. The Morgan fingerprint density at radius 3 is 2.53 bits per heavy atom. The first-order chi connectivity index (χ1) is 9.19. The van der Waals surface area contributed by atoms with Gasteiger partial charge in [-0.25, -0.2) is 8.42 Å². The Balaban J connectivity index is 2.06. The summed E-state index contributed by atoms with van der Waals surface area (Å²) in [4.78, 5) is 0.292. The van der Waals surface area contributed by atoms with Crippen molar-refractivity contribution in [3.05, 3.63) is 18.2 Å². The van der Waals surface area contributed by atoms with Gasteiger partial charge >= 0.3 is 0 Å². The first kappa shape index (κ1) is 13.0. The molecule has 0 aliphatic carbocycles. The minimum atomic E-state index is -3.44. The lowest BCUT2D eigenvalue weighted by Crippen LogP contribution is -2.32. The first-order valence-corrected chi connectivity index (χ1v) is 8.58. The van der Waals surface area contributed by atoms with Gasteiger partial charge in [0, 0.05) is 13.1 Å². The predicted molar refractivity (Wildman–Crippen MR) is 74.6 cm³/mol. The quantitative estimate of drug-likeness (QED) is 0.853. The molecule has 3 rings (SSSR count). The number of aromatic nitrogens is 2. The van der Waals surface area contributed by atoms with Gasteiger partial charge in [0.25, 0.3) is 0 Å². The predicted octanol–water partition coefficient (Wildman–Crippen LogP) is 2.26. The third-order valence-electron chi connectivity index (χ3n) is 3.43. The van der Waals surface area contributed by atoms with E-state index in [9.17, 15) is 8.42 Å². The molecule has 0 unspecified atom stereocenters. The standard InChI is InChI=1S/C12H15N3O2S2/c16-19(17,15-8-3-1-2-4-9-15)11-7-5-6-10-12(11)14-18-13-10/h5-7H,1-4,8-9H2. The molecule has 1 fully saturated rings. The zero-order chi connectivity index (χ0) is 13.3. The van der Waals surface area contributed by atoms with Crippen LogP contribution in [0, 0.1) is 0 Å². The van der Waals surface area contributed by atoms with Gasteiger partial charge in [0.15, 0.2) is 0 Å². The van der Waals surface area contributed by atoms with Crippen LogP contribution in [-0.2, 0) is 10.0 Å². The van der Waals surface area contributed by atoms with E-state index in [0.717, 1.165) is 37.4 Å². The minimum absolute atomic E-state index is 0.292. The monoisotopic (exact) mass is 297 g/mol. The van der Waals surface area contributed by atoms with E-state index in [-0.39, 0.29) is 0 Å². The molecule has 102 valence electrons. The molecule has 0 amide bonds. The smallest absolute Gasteiger partial charge is 0.207 e. The van der Waals surface area contributed by atoms with Crippen LogP contribution in [0.4, 0.5) is 0 Å². The van der Waals surface area contributed by atoms with Crippen molar-refractivity contribution in [2.75, 3.05) is 13.1 Å². The van der Waals surface area contributed by atoms with Crippen LogP contribution in [0.3, 0.4) is 0 Å². The van der Waals surface area contributed by atoms with Crippen molar-refractivity contribution in [1.29, 1.82) is 0 Å². The molecule has 0 bridgehead atoms. The maximum atomic E-state index is 12.7. The highest BCUT2D eigenvalue weighted by molar-refractivity contribution is 7.89. The summed E-state index contributed by atoms with van der Waals surface area (Å²) < 4.78 is 35.3. The molecular formula is C12H15N3O2S2.